The van der Waals surface area contributed by atoms with Crippen molar-refractivity contribution in [3.63, 3.8) is 0 Å². The van der Waals surface area contributed by atoms with E-state index in [4.69, 9.17) is 16.6 Å². The van der Waals surface area contributed by atoms with Crippen LogP contribution in [0.5, 0.6) is 0 Å². The minimum atomic E-state index is -0.0475. The quantitative estimate of drug-likeness (QED) is 0.346. The van der Waals surface area contributed by atoms with Crippen LogP contribution < -0.4 is 11.1 Å². The van der Waals surface area contributed by atoms with Crippen molar-refractivity contribution >= 4 is 36.5 Å². The molecule has 58 valence electrons. The van der Waals surface area contributed by atoms with Gasteiger partial charge in [-0.1, -0.05) is 0 Å². The lowest BCUT2D eigenvalue weighted by atomic mass is 10.2. The number of halogens is 2. The molecular formula is C4H8Cl2N4. The van der Waals surface area contributed by atoms with Crippen LogP contribution in [0.2, 0.25) is 0 Å². The average molecular weight is 183 g/mol. The van der Waals surface area contributed by atoms with Crippen LogP contribution in [-0.2, 0) is 0 Å². The van der Waals surface area contributed by atoms with Crippen molar-refractivity contribution in [3.8, 4) is 0 Å². The number of rotatable bonds is 1. The maximum atomic E-state index is 6.92. The molecule has 10 heavy (non-hydrogen) atoms. The highest BCUT2D eigenvalue weighted by Gasteiger charge is 2.14. The van der Waals surface area contributed by atoms with Gasteiger partial charge in [-0.2, -0.15) is 0 Å². The summed E-state index contributed by atoms with van der Waals surface area (Å²) in [5.74, 6) is 0.186. The van der Waals surface area contributed by atoms with Crippen molar-refractivity contribution in [2.75, 3.05) is 0 Å². The minimum Gasteiger partial charge on any atom is -0.384 e. The van der Waals surface area contributed by atoms with E-state index >= 15 is 0 Å². The Labute approximate surface area is 70.7 Å². The number of nitrogens with one attached hydrogen (secondary N) is 3. The van der Waals surface area contributed by atoms with Crippen LogP contribution in [0.15, 0.2) is 11.8 Å². The first kappa shape index (κ1) is 12.0. The second-order valence-electron chi connectivity index (χ2n) is 1.49. The van der Waals surface area contributed by atoms with Gasteiger partial charge in [0.1, 0.15) is 11.7 Å². The largest absolute Gasteiger partial charge is 0.384 e. The summed E-state index contributed by atoms with van der Waals surface area (Å²) in [6.07, 6.45) is 1.53. The van der Waals surface area contributed by atoms with E-state index in [0.717, 1.165) is 0 Å². The summed E-state index contributed by atoms with van der Waals surface area (Å²) in [6.45, 7) is 0. The number of hydrogen-bond acceptors (Lipinski definition) is 2. The van der Waals surface area contributed by atoms with Crippen LogP contribution in [0.25, 0.3) is 0 Å². The number of amidine groups is 2. The van der Waals surface area contributed by atoms with Gasteiger partial charge in [-0.3, -0.25) is 10.8 Å². The third-order valence-corrected chi connectivity index (χ3v) is 0.920. The van der Waals surface area contributed by atoms with Crippen molar-refractivity contribution in [2.24, 2.45) is 5.73 Å². The highest BCUT2D eigenvalue weighted by molar-refractivity contribution is 6.24. The van der Waals surface area contributed by atoms with Gasteiger partial charge in [-0.25, -0.2) is 0 Å². The van der Waals surface area contributed by atoms with Gasteiger partial charge >= 0.3 is 0 Å². The van der Waals surface area contributed by atoms with Gasteiger partial charge in [0.2, 0.25) is 0 Å². The molecule has 1 aliphatic rings. The molecule has 0 saturated heterocycles. The van der Waals surface area contributed by atoms with Crippen LogP contribution in [0.4, 0.5) is 0 Å². The van der Waals surface area contributed by atoms with Crippen molar-refractivity contribution in [1.29, 1.82) is 10.8 Å². The Bertz CT molecular complexity index is 186. The molecule has 0 aromatic rings. The molecule has 0 aliphatic carbocycles. The number of hydrogen-bond donors (Lipinski definition) is 4. The minimum absolute atomic E-state index is 0. The molecule has 0 saturated carbocycles. The van der Waals surface area contributed by atoms with Crippen molar-refractivity contribution in [1.82, 2.24) is 5.32 Å². The van der Waals surface area contributed by atoms with Gasteiger partial charge in [0.05, 0.1) is 5.57 Å². The molecule has 0 atom stereocenters. The Morgan fingerprint density at radius 1 is 1.50 bits per heavy atom. The second kappa shape index (κ2) is 4.14. The third-order valence-electron chi connectivity index (χ3n) is 0.920. The van der Waals surface area contributed by atoms with E-state index in [0.29, 0.717) is 5.57 Å². The normalized spacial score (nSPS) is 12.8. The first-order valence-electron chi connectivity index (χ1n) is 2.12. The van der Waals surface area contributed by atoms with Gasteiger partial charge in [0.25, 0.3) is 0 Å². The first-order chi connectivity index (χ1) is 3.72. The Morgan fingerprint density at radius 3 is 2.00 bits per heavy atom. The number of nitrogens with two attached hydrogens (primary N) is 1. The van der Waals surface area contributed by atoms with Crippen LogP contribution in [0.1, 0.15) is 0 Å². The van der Waals surface area contributed by atoms with Crippen LogP contribution in [-0.4, -0.2) is 11.7 Å². The molecule has 1 aliphatic heterocycles. The van der Waals surface area contributed by atoms with Gasteiger partial charge < -0.3 is 11.1 Å². The fourth-order valence-electron chi connectivity index (χ4n) is 0.429. The van der Waals surface area contributed by atoms with Gasteiger partial charge in [0.15, 0.2) is 0 Å². The predicted molar refractivity (Wildman–Crippen MR) is 45.4 cm³/mol. The van der Waals surface area contributed by atoms with E-state index in [2.05, 4.69) is 5.32 Å². The molecule has 1 heterocycles. The molecule has 0 amide bonds. The summed E-state index contributed by atoms with van der Waals surface area (Å²) in [4.78, 5) is 0. The van der Waals surface area contributed by atoms with Crippen LogP contribution in [0, 0.1) is 10.8 Å². The highest BCUT2D eigenvalue weighted by Crippen LogP contribution is 1.99. The lowest BCUT2D eigenvalue weighted by molar-refractivity contribution is 1.14. The standard InChI is InChI=1S/C4H6N4.2ClH/c5-3(6)2-1-8-4(2)7;;/h1H,(H3,5,6)(H2,7,8);2*1H. The molecular weight excluding hydrogens is 175 g/mol. The maximum Gasteiger partial charge on any atom is 0.134 e. The summed E-state index contributed by atoms with van der Waals surface area (Å²) in [6, 6.07) is 0. The topological polar surface area (TPSA) is 85.8 Å². The zero-order chi connectivity index (χ0) is 6.15. The summed E-state index contributed by atoms with van der Waals surface area (Å²) in [5, 5.41) is 16.3. The molecule has 0 radical (unpaired) electrons. The van der Waals surface area contributed by atoms with Crippen molar-refractivity contribution in [2.45, 2.75) is 0 Å². The average Bonchev–Trinajstić information content (AvgIpc) is 1.61. The first-order valence-corrected chi connectivity index (χ1v) is 2.12. The second-order valence-corrected chi connectivity index (χ2v) is 1.49. The lowest BCUT2D eigenvalue weighted by Crippen LogP contribution is -2.36. The molecule has 4 nitrogen and oxygen atoms in total. The Balaban J connectivity index is 0. The molecule has 0 aromatic heterocycles. The smallest absolute Gasteiger partial charge is 0.134 e. The fourth-order valence-corrected chi connectivity index (χ4v) is 0.429. The third kappa shape index (κ3) is 1.89. The summed E-state index contributed by atoms with van der Waals surface area (Å²) in [7, 11) is 0. The van der Waals surface area contributed by atoms with Crippen molar-refractivity contribution < 1.29 is 0 Å². The predicted octanol–water partition coefficient (Wildman–Crippen LogP) is 0.230. The molecule has 5 N–H and O–H groups in total. The lowest BCUT2D eigenvalue weighted by Gasteiger charge is -2.15. The fraction of sp³-hybridized carbons (Fsp3) is 0. The monoisotopic (exact) mass is 182 g/mol. The molecule has 0 spiro atoms. The summed E-state index contributed by atoms with van der Waals surface area (Å²) < 4.78 is 0. The molecule has 6 heteroatoms. The zero-order valence-corrected chi connectivity index (χ0v) is 6.60. The Morgan fingerprint density at radius 2 is 2.00 bits per heavy atom. The molecule has 1 rings (SSSR count). The highest BCUT2D eigenvalue weighted by atomic mass is 35.5. The molecule has 0 bridgehead atoms. The van der Waals surface area contributed by atoms with Crippen molar-refractivity contribution in [3.05, 3.63) is 11.8 Å². The van der Waals surface area contributed by atoms with Crippen LogP contribution >= 0.6 is 24.8 Å². The van der Waals surface area contributed by atoms with E-state index < -0.39 is 0 Å². The van der Waals surface area contributed by atoms with E-state index in [1.54, 1.807) is 0 Å². The van der Waals surface area contributed by atoms with E-state index in [-0.39, 0.29) is 36.5 Å². The van der Waals surface area contributed by atoms with E-state index in [1.807, 2.05) is 0 Å². The summed E-state index contributed by atoms with van der Waals surface area (Å²) in [5.41, 5.74) is 5.51. The zero-order valence-electron chi connectivity index (χ0n) is 4.97. The molecule has 0 fully saturated rings. The SMILES string of the molecule is Cl.Cl.N=C(N)C1=CNC1=N. The van der Waals surface area contributed by atoms with E-state index in [1.165, 1.54) is 6.20 Å². The van der Waals surface area contributed by atoms with E-state index in [9.17, 15) is 0 Å². The molecule has 0 aromatic carbocycles. The summed E-state index contributed by atoms with van der Waals surface area (Å²) >= 11 is 0. The maximum absolute atomic E-state index is 6.92. The Kier molecular flexibility index (Phi) is 4.96. The van der Waals surface area contributed by atoms with Gasteiger partial charge in [-0.15, -0.1) is 24.8 Å². The molecule has 0 unspecified atom stereocenters. The van der Waals surface area contributed by atoms with Gasteiger partial charge in [-0.05, 0) is 0 Å². The van der Waals surface area contributed by atoms with Crippen LogP contribution in [0.3, 0.4) is 0 Å². The van der Waals surface area contributed by atoms with Gasteiger partial charge in [0, 0.05) is 6.20 Å². The Hall–Kier alpha value is -0.740.